The average molecular weight is 292 g/mol. The maximum absolute atomic E-state index is 5.72. The van der Waals surface area contributed by atoms with Gasteiger partial charge in [-0.2, -0.15) is 4.98 Å². The Hall–Kier alpha value is -0.940. The quantitative estimate of drug-likeness (QED) is 0.923. The fourth-order valence-electron chi connectivity index (χ4n) is 3.82. The first-order valence-corrected chi connectivity index (χ1v) is 8.39. The minimum Gasteiger partial charge on any atom is -0.339 e. The van der Waals surface area contributed by atoms with Crippen LogP contribution in [0.1, 0.15) is 64.6 Å². The third-order valence-corrected chi connectivity index (χ3v) is 5.57. The molecule has 1 saturated carbocycles. The van der Waals surface area contributed by atoms with E-state index in [0.717, 1.165) is 44.3 Å². The van der Waals surface area contributed by atoms with E-state index in [2.05, 4.69) is 36.1 Å². The van der Waals surface area contributed by atoms with E-state index in [4.69, 9.17) is 9.51 Å². The summed E-state index contributed by atoms with van der Waals surface area (Å²) < 4.78 is 5.72. The highest BCUT2D eigenvalue weighted by atomic mass is 16.5. The monoisotopic (exact) mass is 292 g/mol. The molecule has 1 aliphatic heterocycles. The average Bonchev–Trinajstić information content (AvgIpc) is 3.18. The Morgan fingerprint density at radius 1 is 1.24 bits per heavy atom. The van der Waals surface area contributed by atoms with Gasteiger partial charge in [-0.15, -0.1) is 0 Å². The molecule has 1 aromatic rings. The first-order valence-electron chi connectivity index (χ1n) is 8.39. The van der Waals surface area contributed by atoms with Gasteiger partial charge in [0.05, 0.1) is 5.54 Å². The van der Waals surface area contributed by atoms with Crippen molar-refractivity contribution < 1.29 is 4.52 Å². The Bertz CT molecular complexity index is 470. The molecular formula is C16H28N4O. The zero-order valence-corrected chi connectivity index (χ0v) is 13.6. The van der Waals surface area contributed by atoms with Crippen LogP contribution in [0.25, 0.3) is 0 Å². The number of hydrogen-bond donors (Lipinski definition) is 1. The summed E-state index contributed by atoms with van der Waals surface area (Å²) in [4.78, 5) is 7.29. The predicted octanol–water partition coefficient (Wildman–Crippen LogP) is 2.43. The van der Waals surface area contributed by atoms with Gasteiger partial charge in [-0.25, -0.2) is 0 Å². The van der Waals surface area contributed by atoms with Gasteiger partial charge in [0.1, 0.15) is 0 Å². The largest absolute Gasteiger partial charge is 0.339 e. The van der Waals surface area contributed by atoms with Crippen molar-refractivity contribution in [3.05, 3.63) is 11.7 Å². The van der Waals surface area contributed by atoms with Crippen molar-refractivity contribution in [3.8, 4) is 0 Å². The smallest absolute Gasteiger partial charge is 0.232 e. The van der Waals surface area contributed by atoms with Gasteiger partial charge in [0.15, 0.2) is 5.82 Å². The molecule has 0 unspecified atom stereocenters. The summed E-state index contributed by atoms with van der Waals surface area (Å²) >= 11 is 0. The van der Waals surface area contributed by atoms with E-state index in [9.17, 15) is 0 Å². The highest BCUT2D eigenvalue weighted by molar-refractivity contribution is 5.11. The lowest BCUT2D eigenvalue weighted by molar-refractivity contribution is 0.0924. The van der Waals surface area contributed by atoms with E-state index >= 15 is 0 Å². The molecule has 2 heterocycles. The van der Waals surface area contributed by atoms with Gasteiger partial charge in [-0.1, -0.05) is 24.9 Å². The van der Waals surface area contributed by atoms with Crippen molar-refractivity contribution >= 4 is 0 Å². The van der Waals surface area contributed by atoms with Gasteiger partial charge in [-0.05, 0) is 33.1 Å². The number of hydrogen-bond acceptors (Lipinski definition) is 5. The van der Waals surface area contributed by atoms with Gasteiger partial charge in [0, 0.05) is 31.6 Å². The zero-order valence-electron chi connectivity index (χ0n) is 13.6. The molecule has 1 aromatic heterocycles. The molecule has 21 heavy (non-hydrogen) atoms. The summed E-state index contributed by atoms with van der Waals surface area (Å²) in [6.45, 7) is 10.8. The number of rotatable bonds is 4. The maximum Gasteiger partial charge on any atom is 0.232 e. The lowest BCUT2D eigenvalue weighted by Crippen LogP contribution is -2.52. The second kappa shape index (κ2) is 5.69. The van der Waals surface area contributed by atoms with Crippen LogP contribution in [0.5, 0.6) is 0 Å². The topological polar surface area (TPSA) is 54.2 Å². The molecular weight excluding hydrogens is 264 g/mol. The fourth-order valence-corrected chi connectivity index (χ4v) is 3.82. The van der Waals surface area contributed by atoms with Crippen LogP contribution in [-0.2, 0) is 11.0 Å². The highest BCUT2D eigenvalue weighted by Crippen LogP contribution is 2.43. The third kappa shape index (κ3) is 2.61. The number of piperazine rings is 1. The zero-order chi connectivity index (χ0) is 14.9. The van der Waals surface area contributed by atoms with E-state index in [1.807, 2.05) is 0 Å². The second-order valence-corrected chi connectivity index (χ2v) is 7.06. The predicted molar refractivity (Wildman–Crippen MR) is 82.2 cm³/mol. The van der Waals surface area contributed by atoms with Gasteiger partial charge in [0.2, 0.25) is 5.89 Å². The van der Waals surface area contributed by atoms with Crippen molar-refractivity contribution in [2.45, 2.75) is 63.8 Å². The lowest BCUT2D eigenvalue weighted by atomic mass is 9.83. The van der Waals surface area contributed by atoms with E-state index in [1.165, 1.54) is 25.7 Å². The fraction of sp³-hybridized carbons (Fsp3) is 0.875. The number of aromatic nitrogens is 2. The number of nitrogens with one attached hydrogen (secondary N) is 1. The number of nitrogens with zero attached hydrogens (tertiary/aromatic N) is 3. The summed E-state index contributed by atoms with van der Waals surface area (Å²) in [5.74, 6) is 1.72. The molecule has 0 aromatic carbocycles. The summed E-state index contributed by atoms with van der Waals surface area (Å²) in [6.07, 6.45) is 6.06. The Morgan fingerprint density at radius 3 is 2.52 bits per heavy atom. The van der Waals surface area contributed by atoms with Crippen LogP contribution in [0.4, 0.5) is 0 Å². The molecule has 1 aliphatic carbocycles. The van der Waals surface area contributed by atoms with Crippen LogP contribution in [0, 0.1) is 0 Å². The van der Waals surface area contributed by atoms with Crippen LogP contribution < -0.4 is 5.32 Å². The van der Waals surface area contributed by atoms with Crippen molar-refractivity contribution in [1.82, 2.24) is 20.4 Å². The Balaban J connectivity index is 1.83. The van der Waals surface area contributed by atoms with E-state index in [1.54, 1.807) is 0 Å². The third-order valence-electron chi connectivity index (χ3n) is 5.57. The van der Waals surface area contributed by atoms with Crippen LogP contribution in [0.3, 0.4) is 0 Å². The molecule has 0 amide bonds. The van der Waals surface area contributed by atoms with Gasteiger partial charge in [0.25, 0.3) is 0 Å². The van der Waals surface area contributed by atoms with Crippen molar-refractivity contribution in [2.75, 3.05) is 26.2 Å². The van der Waals surface area contributed by atoms with Gasteiger partial charge >= 0.3 is 0 Å². The summed E-state index contributed by atoms with van der Waals surface area (Å²) in [5, 5.41) is 7.75. The molecule has 2 fully saturated rings. The molecule has 118 valence electrons. The molecule has 3 rings (SSSR count). The van der Waals surface area contributed by atoms with Crippen LogP contribution in [-0.4, -0.2) is 41.2 Å². The molecule has 5 nitrogen and oxygen atoms in total. The van der Waals surface area contributed by atoms with Gasteiger partial charge in [-0.3, -0.25) is 4.90 Å². The molecule has 5 heteroatoms. The van der Waals surface area contributed by atoms with Crippen molar-refractivity contribution in [1.29, 1.82) is 0 Å². The summed E-state index contributed by atoms with van der Waals surface area (Å²) in [7, 11) is 0. The normalized spacial score (nSPS) is 23.6. The van der Waals surface area contributed by atoms with Gasteiger partial charge < -0.3 is 9.84 Å². The highest BCUT2D eigenvalue weighted by Gasteiger charge is 2.41. The molecule has 1 saturated heterocycles. The van der Waals surface area contributed by atoms with E-state index < -0.39 is 0 Å². The Morgan fingerprint density at radius 2 is 1.90 bits per heavy atom. The molecule has 0 radical (unpaired) electrons. The van der Waals surface area contributed by atoms with Crippen molar-refractivity contribution in [2.24, 2.45) is 0 Å². The first kappa shape index (κ1) is 15.0. The molecule has 0 atom stereocenters. The summed E-state index contributed by atoms with van der Waals surface area (Å²) in [5.41, 5.74) is -0.0117. The standard InChI is InChI=1S/C16H28N4O/c1-4-16(7-5-6-8-16)14-18-13(19-21-14)15(2,3)20-11-9-17-10-12-20/h17H,4-12H2,1-3H3. The maximum atomic E-state index is 5.72. The van der Waals surface area contributed by atoms with Crippen molar-refractivity contribution in [3.63, 3.8) is 0 Å². The van der Waals surface area contributed by atoms with E-state index in [-0.39, 0.29) is 11.0 Å². The van der Waals surface area contributed by atoms with Crippen LogP contribution in [0.15, 0.2) is 4.52 Å². The lowest BCUT2D eigenvalue weighted by Gasteiger charge is -2.38. The SMILES string of the molecule is CCC1(c2nc(C(C)(C)N3CCNCC3)no2)CCCC1. The molecule has 2 aliphatic rings. The second-order valence-electron chi connectivity index (χ2n) is 7.06. The van der Waals surface area contributed by atoms with E-state index in [0.29, 0.717) is 0 Å². The molecule has 0 bridgehead atoms. The first-order chi connectivity index (χ1) is 10.1. The Kier molecular flexibility index (Phi) is 4.06. The Labute approximate surface area is 127 Å². The summed E-state index contributed by atoms with van der Waals surface area (Å²) in [6, 6.07) is 0. The molecule has 1 N–H and O–H groups in total. The van der Waals surface area contributed by atoms with Crippen LogP contribution >= 0.6 is 0 Å². The van der Waals surface area contributed by atoms with Crippen LogP contribution in [0.2, 0.25) is 0 Å². The molecule has 0 spiro atoms. The minimum absolute atomic E-state index is 0.144. The minimum atomic E-state index is -0.155.